The van der Waals surface area contributed by atoms with Gasteiger partial charge in [0.25, 0.3) is 5.91 Å². The number of hydrogen-bond acceptors (Lipinski definition) is 3. The van der Waals surface area contributed by atoms with Gasteiger partial charge in [0.2, 0.25) is 0 Å². The molecule has 0 aliphatic heterocycles. The van der Waals surface area contributed by atoms with E-state index < -0.39 is 5.91 Å². The van der Waals surface area contributed by atoms with Crippen molar-refractivity contribution in [1.29, 1.82) is 0 Å². The molecule has 0 fully saturated rings. The molecule has 21 heavy (non-hydrogen) atoms. The Morgan fingerprint density at radius 3 is 2.71 bits per heavy atom. The number of carbonyl (C=O) groups excluding carboxylic acids is 1. The Hall–Kier alpha value is -1.91. The van der Waals surface area contributed by atoms with Crippen LogP contribution in [0.25, 0.3) is 0 Å². The van der Waals surface area contributed by atoms with Crippen LogP contribution in [0.5, 0.6) is 5.75 Å². The van der Waals surface area contributed by atoms with Crippen LogP contribution in [0.15, 0.2) is 49.3 Å². The number of halogens is 2. The average molecular weight is 328 g/mol. The van der Waals surface area contributed by atoms with Crippen LogP contribution in [0.1, 0.15) is 5.56 Å². The van der Waals surface area contributed by atoms with Crippen molar-refractivity contribution in [2.45, 2.75) is 6.92 Å². The van der Waals surface area contributed by atoms with Gasteiger partial charge in [-0.25, -0.2) is 0 Å². The number of amides is 1. The molecule has 1 amide bonds. The topological polar surface area (TPSA) is 47.6 Å². The third-order valence-corrected chi connectivity index (χ3v) is 3.29. The number of hydrogen-bond donors (Lipinski definition) is 1. The number of allylic oxidation sites excluding steroid dienone is 3. The number of ether oxygens (including phenoxy) is 1. The monoisotopic (exact) mass is 327 g/mol. The van der Waals surface area contributed by atoms with Crippen molar-refractivity contribution < 1.29 is 14.4 Å². The molecule has 0 atom stereocenters. The summed E-state index contributed by atoms with van der Waals surface area (Å²) in [6, 6.07) is 3.24. The van der Waals surface area contributed by atoms with Crippen molar-refractivity contribution >= 4 is 29.1 Å². The SMILES string of the molecule is C=C/C=C(\C=C)ONC(=O)COc1ccc(Cl)c(C)c1Cl. The highest BCUT2D eigenvalue weighted by molar-refractivity contribution is 6.36. The highest BCUT2D eigenvalue weighted by Gasteiger charge is 2.10. The van der Waals surface area contributed by atoms with E-state index in [9.17, 15) is 4.79 Å². The largest absolute Gasteiger partial charge is 0.482 e. The number of benzene rings is 1. The Morgan fingerprint density at radius 2 is 2.10 bits per heavy atom. The van der Waals surface area contributed by atoms with Gasteiger partial charge in [0.05, 0.1) is 5.02 Å². The summed E-state index contributed by atoms with van der Waals surface area (Å²) in [5.74, 6) is 0.258. The molecule has 1 rings (SSSR count). The van der Waals surface area contributed by atoms with E-state index in [1.54, 1.807) is 25.1 Å². The standard InChI is InChI=1S/C15H15Cl2NO3/c1-4-6-11(5-2)21-18-14(19)9-20-13-8-7-12(16)10(3)15(13)17/h4-8H,1-2,9H2,3H3,(H,18,19)/b11-6+. The molecule has 0 heterocycles. The molecule has 1 N–H and O–H groups in total. The minimum atomic E-state index is -0.476. The molecule has 0 aliphatic carbocycles. The lowest BCUT2D eigenvalue weighted by atomic mass is 10.2. The minimum Gasteiger partial charge on any atom is -0.482 e. The van der Waals surface area contributed by atoms with Gasteiger partial charge in [0.1, 0.15) is 5.75 Å². The predicted octanol–water partition coefficient (Wildman–Crippen LogP) is 3.98. The van der Waals surface area contributed by atoms with Gasteiger partial charge in [-0.3, -0.25) is 4.79 Å². The number of carbonyl (C=O) groups is 1. The fraction of sp³-hybridized carbons (Fsp3) is 0.133. The molecular weight excluding hydrogens is 313 g/mol. The fourth-order valence-corrected chi connectivity index (χ4v) is 1.72. The average Bonchev–Trinajstić information content (AvgIpc) is 2.48. The van der Waals surface area contributed by atoms with Gasteiger partial charge in [0.15, 0.2) is 12.4 Å². The van der Waals surface area contributed by atoms with E-state index in [2.05, 4.69) is 18.6 Å². The Morgan fingerprint density at radius 1 is 1.38 bits per heavy atom. The second-order valence-corrected chi connectivity index (χ2v) is 4.69. The van der Waals surface area contributed by atoms with E-state index in [0.29, 0.717) is 27.1 Å². The van der Waals surface area contributed by atoms with Crippen LogP contribution < -0.4 is 10.2 Å². The molecular formula is C15H15Cl2NO3. The van der Waals surface area contributed by atoms with Gasteiger partial charge < -0.3 is 9.57 Å². The maximum atomic E-state index is 11.6. The summed E-state index contributed by atoms with van der Waals surface area (Å²) < 4.78 is 5.31. The lowest BCUT2D eigenvalue weighted by molar-refractivity contribution is -0.132. The summed E-state index contributed by atoms with van der Waals surface area (Å²) in [6.45, 7) is 8.55. The molecule has 0 aromatic heterocycles. The molecule has 0 aliphatic rings. The number of nitrogens with one attached hydrogen (secondary N) is 1. The van der Waals surface area contributed by atoms with Gasteiger partial charge >= 0.3 is 0 Å². The first-order valence-corrected chi connectivity index (χ1v) is 6.73. The molecule has 0 saturated heterocycles. The van der Waals surface area contributed by atoms with Crippen LogP contribution in [0.2, 0.25) is 10.0 Å². The van der Waals surface area contributed by atoms with E-state index in [0.717, 1.165) is 0 Å². The summed E-state index contributed by atoms with van der Waals surface area (Å²) in [4.78, 5) is 16.6. The number of hydroxylamine groups is 1. The molecule has 0 bridgehead atoms. The lowest BCUT2D eigenvalue weighted by Crippen LogP contribution is -2.28. The Balaban J connectivity index is 2.54. The van der Waals surface area contributed by atoms with Crippen LogP contribution in [0.4, 0.5) is 0 Å². The van der Waals surface area contributed by atoms with E-state index in [-0.39, 0.29) is 6.61 Å². The predicted molar refractivity (Wildman–Crippen MR) is 84.4 cm³/mol. The first-order chi connectivity index (χ1) is 9.99. The molecule has 4 nitrogen and oxygen atoms in total. The van der Waals surface area contributed by atoms with Crippen molar-refractivity contribution in [3.63, 3.8) is 0 Å². The summed E-state index contributed by atoms with van der Waals surface area (Å²) in [5.41, 5.74) is 2.90. The van der Waals surface area contributed by atoms with Crippen molar-refractivity contribution in [1.82, 2.24) is 5.48 Å². The van der Waals surface area contributed by atoms with Gasteiger partial charge in [0, 0.05) is 5.02 Å². The quantitative estimate of drug-likeness (QED) is 0.468. The van der Waals surface area contributed by atoms with Crippen LogP contribution in [0.3, 0.4) is 0 Å². The zero-order valence-corrected chi connectivity index (χ0v) is 13.0. The Bertz CT molecular complexity index is 583. The van der Waals surface area contributed by atoms with E-state index in [1.165, 1.54) is 12.2 Å². The molecule has 0 saturated carbocycles. The summed E-state index contributed by atoms with van der Waals surface area (Å²) in [7, 11) is 0. The second-order valence-electron chi connectivity index (χ2n) is 3.91. The lowest BCUT2D eigenvalue weighted by Gasteiger charge is -2.11. The van der Waals surface area contributed by atoms with Crippen LogP contribution in [0, 0.1) is 6.92 Å². The first-order valence-electron chi connectivity index (χ1n) is 5.97. The molecule has 0 spiro atoms. The van der Waals surface area contributed by atoms with Gasteiger partial charge in [-0.15, -0.1) is 0 Å². The van der Waals surface area contributed by atoms with Crippen LogP contribution >= 0.6 is 23.2 Å². The maximum absolute atomic E-state index is 11.6. The molecule has 112 valence electrons. The summed E-state index contributed by atoms with van der Waals surface area (Å²) >= 11 is 12.0. The van der Waals surface area contributed by atoms with Crippen molar-refractivity contribution in [3.8, 4) is 5.75 Å². The van der Waals surface area contributed by atoms with E-state index in [4.69, 9.17) is 32.8 Å². The van der Waals surface area contributed by atoms with Crippen LogP contribution in [-0.4, -0.2) is 12.5 Å². The zero-order chi connectivity index (χ0) is 15.8. The maximum Gasteiger partial charge on any atom is 0.290 e. The minimum absolute atomic E-state index is 0.251. The van der Waals surface area contributed by atoms with E-state index in [1.807, 2.05) is 0 Å². The normalized spacial score (nSPS) is 10.7. The molecule has 0 radical (unpaired) electrons. The third kappa shape index (κ3) is 5.17. The first kappa shape index (κ1) is 17.1. The summed E-state index contributed by atoms with van der Waals surface area (Å²) in [5, 5.41) is 0.903. The zero-order valence-electron chi connectivity index (χ0n) is 11.5. The smallest absolute Gasteiger partial charge is 0.290 e. The van der Waals surface area contributed by atoms with Crippen molar-refractivity contribution in [3.05, 3.63) is 64.9 Å². The fourth-order valence-electron chi connectivity index (χ4n) is 1.30. The molecule has 0 unspecified atom stereocenters. The van der Waals surface area contributed by atoms with E-state index >= 15 is 0 Å². The molecule has 1 aromatic rings. The molecule has 6 heteroatoms. The summed E-state index contributed by atoms with van der Waals surface area (Å²) in [6.07, 6.45) is 4.49. The Labute approximate surface area is 133 Å². The highest BCUT2D eigenvalue weighted by atomic mass is 35.5. The van der Waals surface area contributed by atoms with Gasteiger partial charge in [-0.05, 0) is 36.8 Å². The Kier molecular flexibility index (Phi) is 6.85. The highest BCUT2D eigenvalue weighted by Crippen LogP contribution is 2.32. The second kappa shape index (κ2) is 8.39. The van der Waals surface area contributed by atoms with Crippen molar-refractivity contribution in [2.75, 3.05) is 6.61 Å². The van der Waals surface area contributed by atoms with Crippen LogP contribution in [-0.2, 0) is 9.63 Å². The van der Waals surface area contributed by atoms with Gasteiger partial charge in [-0.1, -0.05) is 42.4 Å². The molecule has 1 aromatic carbocycles. The third-order valence-electron chi connectivity index (χ3n) is 2.41. The van der Waals surface area contributed by atoms with Gasteiger partial charge in [-0.2, -0.15) is 5.48 Å². The number of rotatable bonds is 7. The van der Waals surface area contributed by atoms with Crippen molar-refractivity contribution in [2.24, 2.45) is 0 Å².